The number of alkyl halides is 1. The number of rotatable bonds is 6. The molecule has 12 nitrogen and oxygen atoms in total. The number of fused-ring (bicyclic) bond motifs is 1. The first kappa shape index (κ1) is 21.7. The molecular formula is C19H21FN6O6. The minimum atomic E-state index is -2.06. The lowest BCUT2D eigenvalue weighted by Gasteiger charge is -2.19. The molecule has 1 aliphatic heterocycles. The van der Waals surface area contributed by atoms with Crippen molar-refractivity contribution in [3.8, 4) is 6.07 Å². The van der Waals surface area contributed by atoms with Gasteiger partial charge in [0.05, 0.1) is 17.7 Å². The lowest BCUT2D eigenvalue weighted by Crippen LogP contribution is -2.37. The van der Waals surface area contributed by atoms with Crippen molar-refractivity contribution in [2.45, 2.75) is 64.4 Å². The van der Waals surface area contributed by atoms with E-state index in [1.165, 1.54) is 17.7 Å². The molecule has 3 heterocycles. The molecule has 1 aliphatic carbocycles. The molecule has 2 N–H and O–H groups in total. The summed E-state index contributed by atoms with van der Waals surface area (Å²) in [4.78, 5) is 44.7. The van der Waals surface area contributed by atoms with Gasteiger partial charge in [-0.3, -0.25) is 14.2 Å². The van der Waals surface area contributed by atoms with Crippen molar-refractivity contribution in [1.82, 2.24) is 19.1 Å². The maximum absolute atomic E-state index is 15.1. The molecule has 2 fully saturated rings. The molecule has 0 spiro atoms. The molecule has 0 amide bonds. The Bertz CT molecular complexity index is 1180. The number of hydrogen-bond donors (Lipinski definition) is 1. The Hall–Kier alpha value is -3.53. The number of ether oxygens (including phenoxy) is 3. The number of nitriles is 1. The smallest absolute Gasteiger partial charge is 0.332 e. The van der Waals surface area contributed by atoms with Gasteiger partial charge in [-0.1, -0.05) is 6.92 Å². The van der Waals surface area contributed by atoms with Gasteiger partial charge in [0.25, 0.3) is 0 Å². The summed E-state index contributed by atoms with van der Waals surface area (Å²) in [7, 11) is 0. The number of nitrogen functional groups attached to an aromatic ring is 1. The zero-order valence-electron chi connectivity index (χ0n) is 17.4. The van der Waals surface area contributed by atoms with Crippen LogP contribution < -0.4 is 11.4 Å². The Morgan fingerprint density at radius 2 is 2.16 bits per heavy atom. The third kappa shape index (κ3) is 3.66. The van der Waals surface area contributed by atoms with E-state index in [-0.39, 0.29) is 30.1 Å². The van der Waals surface area contributed by atoms with Crippen LogP contribution in [0.3, 0.4) is 0 Å². The quantitative estimate of drug-likeness (QED) is 0.617. The number of imidazole rings is 1. The van der Waals surface area contributed by atoms with Gasteiger partial charge in [-0.2, -0.15) is 10.2 Å². The Kier molecular flexibility index (Phi) is 5.33. The highest BCUT2D eigenvalue weighted by Crippen LogP contribution is 2.46. The van der Waals surface area contributed by atoms with Gasteiger partial charge < -0.3 is 19.9 Å². The summed E-state index contributed by atoms with van der Waals surface area (Å²) in [5, 5.41) is 9.46. The second kappa shape index (κ2) is 7.86. The van der Waals surface area contributed by atoms with E-state index in [0.717, 1.165) is 11.5 Å². The molecule has 4 atom stereocenters. The highest BCUT2D eigenvalue weighted by atomic mass is 19.1. The summed E-state index contributed by atoms with van der Waals surface area (Å²) < 4.78 is 33.0. The van der Waals surface area contributed by atoms with Crippen molar-refractivity contribution < 1.29 is 28.2 Å². The maximum atomic E-state index is 15.1. The van der Waals surface area contributed by atoms with Crippen LogP contribution in [0, 0.1) is 16.7 Å². The van der Waals surface area contributed by atoms with Crippen LogP contribution in [0.1, 0.15) is 39.3 Å². The van der Waals surface area contributed by atoms with Gasteiger partial charge in [-0.25, -0.2) is 18.7 Å². The van der Waals surface area contributed by atoms with Crippen molar-refractivity contribution in [1.29, 1.82) is 5.26 Å². The normalized spacial score (nSPS) is 25.9. The number of nitrogens with zero attached hydrogens (tertiary/aromatic N) is 5. The zero-order chi connectivity index (χ0) is 23.2. The van der Waals surface area contributed by atoms with Crippen LogP contribution in [-0.2, 0) is 30.3 Å². The molecule has 0 bridgehead atoms. The number of halogens is 1. The molecule has 1 saturated heterocycles. The first-order valence-electron chi connectivity index (χ1n) is 10.0. The van der Waals surface area contributed by atoms with Crippen molar-refractivity contribution in [2.24, 2.45) is 5.41 Å². The number of hydrogen-bond acceptors (Lipinski definition) is 10. The molecule has 2 aliphatic rings. The van der Waals surface area contributed by atoms with Crippen LogP contribution in [0.5, 0.6) is 0 Å². The summed E-state index contributed by atoms with van der Waals surface area (Å²) in [6.45, 7) is 2.66. The third-order valence-corrected chi connectivity index (χ3v) is 5.50. The molecule has 1 saturated carbocycles. The fraction of sp³-hybridized carbons (Fsp3) is 0.579. The first-order valence-corrected chi connectivity index (χ1v) is 10.0. The Labute approximate surface area is 180 Å². The predicted octanol–water partition coefficient (Wildman–Crippen LogP) is 0.557. The van der Waals surface area contributed by atoms with Gasteiger partial charge in [-0.05, 0) is 12.8 Å². The maximum Gasteiger partial charge on any atom is 0.332 e. The van der Waals surface area contributed by atoms with Crippen molar-refractivity contribution in [3.05, 3.63) is 16.7 Å². The molecule has 0 radical (unpaired) electrons. The van der Waals surface area contributed by atoms with Gasteiger partial charge >= 0.3 is 17.6 Å². The zero-order valence-corrected chi connectivity index (χ0v) is 17.4. The highest BCUT2D eigenvalue weighted by Gasteiger charge is 2.52. The number of carbonyl (C=O) groups excluding carboxylic acids is 2. The fourth-order valence-corrected chi connectivity index (χ4v) is 3.64. The molecule has 32 heavy (non-hydrogen) atoms. The number of anilines is 1. The van der Waals surface area contributed by atoms with Gasteiger partial charge in [0.2, 0.25) is 18.4 Å². The van der Waals surface area contributed by atoms with E-state index in [0.29, 0.717) is 12.8 Å². The van der Waals surface area contributed by atoms with Crippen LogP contribution in [0.2, 0.25) is 0 Å². The topological polar surface area (TPSA) is 164 Å². The number of nitrogens with two attached hydrogens (primary N) is 1. The van der Waals surface area contributed by atoms with Crippen molar-refractivity contribution in [3.63, 3.8) is 0 Å². The summed E-state index contributed by atoms with van der Waals surface area (Å²) in [5.41, 5.74) is 4.58. The lowest BCUT2D eigenvalue weighted by molar-refractivity contribution is -0.188. The second-order valence-corrected chi connectivity index (χ2v) is 7.82. The van der Waals surface area contributed by atoms with Gasteiger partial charge in [0.1, 0.15) is 5.52 Å². The summed E-state index contributed by atoms with van der Waals surface area (Å²) in [6.07, 6.45) is -4.32. The largest absolute Gasteiger partial charge is 0.454 e. The van der Waals surface area contributed by atoms with Crippen LogP contribution in [0.15, 0.2) is 11.0 Å². The molecule has 170 valence electrons. The first-order chi connectivity index (χ1) is 15.2. The van der Waals surface area contributed by atoms with Crippen LogP contribution >= 0.6 is 0 Å². The van der Waals surface area contributed by atoms with Gasteiger partial charge in [-0.15, -0.1) is 0 Å². The van der Waals surface area contributed by atoms with Crippen LogP contribution in [0.4, 0.5) is 10.3 Å². The van der Waals surface area contributed by atoms with Gasteiger partial charge in [0.15, 0.2) is 18.0 Å². The molecular weight excluding hydrogens is 427 g/mol. The number of carbonyl (C=O) groups is 2. The van der Waals surface area contributed by atoms with Gasteiger partial charge in [0, 0.05) is 19.9 Å². The molecule has 2 aromatic rings. The average molecular weight is 448 g/mol. The fourth-order valence-electron chi connectivity index (χ4n) is 3.64. The number of aromatic nitrogens is 4. The Morgan fingerprint density at radius 1 is 1.44 bits per heavy atom. The minimum absolute atomic E-state index is 0.00746. The summed E-state index contributed by atoms with van der Waals surface area (Å²) >= 11 is 0. The van der Waals surface area contributed by atoms with E-state index < -0.39 is 47.8 Å². The minimum Gasteiger partial charge on any atom is -0.454 e. The summed E-state index contributed by atoms with van der Waals surface area (Å²) in [5.74, 6) is -1.70. The lowest BCUT2D eigenvalue weighted by atomic mass is 10.1. The molecule has 13 heteroatoms. The van der Waals surface area contributed by atoms with Crippen molar-refractivity contribution >= 4 is 29.1 Å². The Balaban J connectivity index is 1.83. The number of esters is 2. The Morgan fingerprint density at radius 3 is 2.75 bits per heavy atom. The van der Waals surface area contributed by atoms with Crippen molar-refractivity contribution in [2.75, 3.05) is 5.73 Å². The third-order valence-electron chi connectivity index (χ3n) is 5.50. The van der Waals surface area contributed by atoms with E-state index in [1.807, 2.05) is 0 Å². The van der Waals surface area contributed by atoms with E-state index in [1.54, 1.807) is 0 Å². The van der Waals surface area contributed by atoms with E-state index >= 15 is 4.39 Å². The van der Waals surface area contributed by atoms with Crippen LogP contribution in [-0.4, -0.2) is 49.6 Å². The standard InChI is InChI=1S/C19H21FN6O6/c1-3-11(28)31-16-12(20)13(30-9(2)27)15(32-16)26-14-10(6-23-17(22)24-14)25(18(26)29)8-19(7-21)4-5-19/h6,12-13,15-16H,3-5,8H2,1-2H3,(H2,22,23,24)/t12-,13-,15-,16+/m1/s1. The molecule has 2 aromatic heterocycles. The van der Waals surface area contributed by atoms with E-state index in [4.69, 9.17) is 19.9 Å². The molecule has 0 unspecified atom stereocenters. The average Bonchev–Trinajstić information content (AvgIpc) is 3.42. The van der Waals surface area contributed by atoms with Crippen LogP contribution in [0.25, 0.3) is 11.2 Å². The second-order valence-electron chi connectivity index (χ2n) is 7.82. The predicted molar refractivity (Wildman–Crippen MR) is 104 cm³/mol. The van der Waals surface area contributed by atoms with E-state index in [2.05, 4.69) is 16.0 Å². The molecule has 4 rings (SSSR count). The monoisotopic (exact) mass is 448 g/mol. The van der Waals surface area contributed by atoms with E-state index in [9.17, 15) is 19.6 Å². The summed E-state index contributed by atoms with van der Waals surface area (Å²) in [6, 6.07) is 2.21. The SMILES string of the molecule is CCC(=O)O[C@H]1O[C@@H](n2c(=O)n(CC3(C#N)CC3)c3cnc(N)nc32)[C@H](OC(C)=O)[C@H]1F. The molecule has 0 aromatic carbocycles. The highest BCUT2D eigenvalue weighted by molar-refractivity contribution is 5.72.